The van der Waals surface area contributed by atoms with Crippen molar-refractivity contribution in [3.8, 4) is 28.7 Å². The Kier molecular flexibility index (Phi) is 8.73. The van der Waals surface area contributed by atoms with Crippen molar-refractivity contribution >= 4 is 22.9 Å². The van der Waals surface area contributed by atoms with E-state index in [1.165, 1.54) is 36.6 Å². The van der Waals surface area contributed by atoms with Crippen LogP contribution in [0, 0.1) is 17.3 Å². The molecule has 3 fully saturated rings. The number of fused-ring (bicyclic) bond motifs is 1. The van der Waals surface area contributed by atoms with Crippen LogP contribution in [0.25, 0.3) is 22.9 Å². The molecule has 266 valence electrons. The van der Waals surface area contributed by atoms with E-state index in [0.717, 1.165) is 50.8 Å². The Morgan fingerprint density at radius 2 is 1.61 bits per heavy atom. The molecule has 6 atom stereocenters. The zero-order valence-electron chi connectivity index (χ0n) is 28.8. The van der Waals surface area contributed by atoms with Crippen molar-refractivity contribution in [3.63, 3.8) is 0 Å². The Hall–Kier alpha value is -4.50. The summed E-state index contributed by atoms with van der Waals surface area (Å²) in [5.74, 6) is -0.528. The molecule has 1 heterocycles. The first-order chi connectivity index (χ1) is 24.7. The number of allylic oxidation sites excluding steroid dienone is 1. The minimum atomic E-state index is -0.361. The largest absolute Gasteiger partial charge is 0.507 e. The van der Waals surface area contributed by atoms with Crippen molar-refractivity contribution in [2.24, 2.45) is 17.3 Å². The first-order valence-electron chi connectivity index (χ1n) is 18.4. The fourth-order valence-corrected chi connectivity index (χ4v) is 10.1. The van der Waals surface area contributed by atoms with Crippen LogP contribution in [0.15, 0.2) is 72.8 Å². The molecule has 1 aliphatic heterocycles. The van der Waals surface area contributed by atoms with Gasteiger partial charge in [-0.25, -0.2) is 0 Å². The molecule has 0 amide bonds. The van der Waals surface area contributed by atoms with Crippen molar-refractivity contribution in [2.75, 3.05) is 6.61 Å². The topological polar surface area (TPSA) is 143 Å². The van der Waals surface area contributed by atoms with Crippen LogP contribution in [-0.4, -0.2) is 55.0 Å². The molecule has 6 unspecified atom stereocenters. The number of aliphatic hydroxyl groups excluding tert-OH is 1. The van der Waals surface area contributed by atoms with Gasteiger partial charge in [-0.2, -0.15) is 0 Å². The predicted molar refractivity (Wildman–Crippen MR) is 198 cm³/mol. The summed E-state index contributed by atoms with van der Waals surface area (Å²) < 4.78 is 6.82. The lowest BCUT2D eigenvalue weighted by Crippen LogP contribution is -2.66. The molecule has 4 aromatic carbocycles. The molecule has 2 spiro atoms. The van der Waals surface area contributed by atoms with E-state index in [4.69, 9.17) is 4.74 Å². The average molecular weight is 690 g/mol. The lowest BCUT2D eigenvalue weighted by atomic mass is 9.50. The van der Waals surface area contributed by atoms with Gasteiger partial charge < -0.3 is 40.7 Å². The molecule has 8 heteroatoms. The third-order valence-corrected chi connectivity index (χ3v) is 12.5. The number of ether oxygens (including phenoxy) is 1. The summed E-state index contributed by atoms with van der Waals surface area (Å²) in [6.45, 7) is 1.49. The highest BCUT2D eigenvalue weighted by atomic mass is 16.5. The summed E-state index contributed by atoms with van der Waals surface area (Å²) in [6.07, 6.45) is 16.4. The summed E-state index contributed by atoms with van der Waals surface area (Å²) in [5.41, 5.74) is 3.96. The van der Waals surface area contributed by atoms with E-state index < -0.39 is 0 Å². The number of aryl methyl sites for hydroxylation is 1. The maximum Gasteiger partial charge on any atom is 0.169 e. The van der Waals surface area contributed by atoms with Gasteiger partial charge in [-0.3, -0.25) is 0 Å². The van der Waals surface area contributed by atoms with Gasteiger partial charge in [0.25, 0.3) is 0 Å². The highest BCUT2D eigenvalue weighted by Gasteiger charge is 2.66. The fourth-order valence-electron chi connectivity index (χ4n) is 10.1. The molecule has 4 aliphatic rings. The Labute approximate surface area is 298 Å². The summed E-state index contributed by atoms with van der Waals surface area (Å²) in [4.78, 5) is 0. The van der Waals surface area contributed by atoms with Crippen molar-refractivity contribution in [1.82, 2.24) is 5.32 Å². The van der Waals surface area contributed by atoms with Crippen LogP contribution in [0.5, 0.6) is 28.7 Å². The lowest BCUT2D eigenvalue weighted by molar-refractivity contribution is -0.224. The van der Waals surface area contributed by atoms with Crippen LogP contribution < -0.4 is 5.32 Å². The van der Waals surface area contributed by atoms with Crippen molar-refractivity contribution in [3.05, 3.63) is 101 Å². The molecule has 0 aromatic heterocycles. The van der Waals surface area contributed by atoms with E-state index in [2.05, 4.69) is 41.7 Å². The summed E-state index contributed by atoms with van der Waals surface area (Å²) in [7, 11) is 0. The van der Waals surface area contributed by atoms with Gasteiger partial charge >= 0.3 is 0 Å². The average Bonchev–Trinajstić information content (AvgIpc) is 3.47. The van der Waals surface area contributed by atoms with Gasteiger partial charge in [0.1, 0.15) is 5.75 Å². The summed E-state index contributed by atoms with van der Waals surface area (Å²) in [6, 6.07) is 18.3. The molecular weight excluding hydrogens is 642 g/mol. The van der Waals surface area contributed by atoms with E-state index in [0.29, 0.717) is 52.8 Å². The SMILES string of the molecule is Oc1ccc(C=Cc2c(CCc3ccc(CNC4CCOC56CCCCC57CC(O)CC7C=CC46)cc3)c(O)c(O)c3c(O)cccc23)cc1O. The first kappa shape index (κ1) is 33.6. The second-order valence-electron chi connectivity index (χ2n) is 15.2. The smallest absolute Gasteiger partial charge is 0.169 e. The zero-order chi connectivity index (χ0) is 35.3. The number of rotatable bonds is 8. The minimum Gasteiger partial charge on any atom is -0.507 e. The Morgan fingerprint density at radius 3 is 2.43 bits per heavy atom. The predicted octanol–water partition coefficient (Wildman–Crippen LogP) is 7.46. The molecule has 4 aromatic rings. The Bertz CT molecular complexity index is 2000. The second-order valence-corrected chi connectivity index (χ2v) is 15.2. The number of aliphatic hydroxyl groups is 1. The number of hydrogen-bond acceptors (Lipinski definition) is 8. The molecule has 7 N–H and O–H groups in total. The van der Waals surface area contributed by atoms with Crippen molar-refractivity contribution < 1.29 is 35.4 Å². The Morgan fingerprint density at radius 1 is 0.804 bits per heavy atom. The summed E-state index contributed by atoms with van der Waals surface area (Å²) >= 11 is 0. The van der Waals surface area contributed by atoms with E-state index in [9.17, 15) is 30.6 Å². The van der Waals surface area contributed by atoms with E-state index in [1.54, 1.807) is 30.4 Å². The monoisotopic (exact) mass is 689 g/mol. The number of phenols is 5. The normalized spacial score (nSPS) is 28.5. The van der Waals surface area contributed by atoms with Gasteiger partial charge in [0, 0.05) is 36.1 Å². The van der Waals surface area contributed by atoms with E-state index in [-0.39, 0.29) is 51.3 Å². The second kappa shape index (κ2) is 13.2. The van der Waals surface area contributed by atoms with Crippen LogP contribution in [0.1, 0.15) is 72.8 Å². The standard InChI is InChI=1S/C43H47NO7/c45-30-23-29-13-16-34-35(18-21-51-43(34)20-2-1-19-42(29,43)24-30)44-25-28-8-6-26(7-9-28)10-15-33-31(14-11-27-12-17-36(46)38(48)22-27)32-4-3-5-37(47)39(32)41(50)40(33)49/h3-9,11-14,16-17,22,29-30,34-35,44-50H,1-2,10,15,18-21,23-25H2. The van der Waals surface area contributed by atoms with Crippen molar-refractivity contribution in [1.29, 1.82) is 0 Å². The highest BCUT2D eigenvalue weighted by molar-refractivity contribution is 6.03. The summed E-state index contributed by atoms with van der Waals surface area (Å²) in [5, 5.41) is 67.9. The number of phenolic OH excluding ortho intramolecular Hbond substituents is 5. The number of aromatic hydroxyl groups is 5. The van der Waals surface area contributed by atoms with Crippen molar-refractivity contribution in [2.45, 2.75) is 82.1 Å². The fraction of sp³-hybridized carbons (Fsp3) is 0.395. The van der Waals surface area contributed by atoms with Crippen LogP contribution >= 0.6 is 0 Å². The molecule has 3 aliphatic carbocycles. The molecule has 1 saturated heterocycles. The molecule has 8 nitrogen and oxygen atoms in total. The van der Waals surface area contributed by atoms with Crippen LogP contribution in [0.2, 0.25) is 0 Å². The van der Waals surface area contributed by atoms with Gasteiger partial charge in [0.2, 0.25) is 0 Å². The maximum atomic E-state index is 11.2. The van der Waals surface area contributed by atoms with Gasteiger partial charge in [-0.1, -0.05) is 79.6 Å². The molecule has 0 radical (unpaired) electrons. The van der Waals surface area contributed by atoms with Crippen LogP contribution in [-0.2, 0) is 24.1 Å². The van der Waals surface area contributed by atoms with Gasteiger partial charge in [-0.05, 0) is 96.7 Å². The van der Waals surface area contributed by atoms with Gasteiger partial charge in [0.05, 0.1) is 17.1 Å². The van der Waals surface area contributed by atoms with Gasteiger partial charge in [0.15, 0.2) is 23.0 Å². The third-order valence-electron chi connectivity index (χ3n) is 12.5. The van der Waals surface area contributed by atoms with E-state index >= 15 is 0 Å². The minimum absolute atomic E-state index is 0.0485. The molecule has 8 rings (SSSR count). The van der Waals surface area contributed by atoms with Gasteiger partial charge in [-0.15, -0.1) is 0 Å². The highest BCUT2D eigenvalue weighted by Crippen LogP contribution is 2.65. The maximum absolute atomic E-state index is 11.2. The zero-order valence-corrected chi connectivity index (χ0v) is 28.8. The Balaban J connectivity index is 0.989. The molecule has 0 bridgehead atoms. The van der Waals surface area contributed by atoms with Crippen LogP contribution in [0.4, 0.5) is 0 Å². The molecule has 2 saturated carbocycles. The number of nitrogens with one attached hydrogen (secondary N) is 1. The third kappa shape index (κ3) is 5.74. The molecular formula is C43H47NO7. The number of benzene rings is 4. The quantitative estimate of drug-likeness (QED) is 0.0574. The number of hydrogen-bond donors (Lipinski definition) is 7. The van der Waals surface area contributed by atoms with Crippen LogP contribution in [0.3, 0.4) is 0 Å². The lowest BCUT2D eigenvalue weighted by Gasteiger charge is -2.62. The van der Waals surface area contributed by atoms with E-state index in [1.807, 2.05) is 0 Å². The molecule has 51 heavy (non-hydrogen) atoms. The first-order valence-corrected chi connectivity index (χ1v) is 18.4.